The molecule has 0 saturated carbocycles. The van der Waals surface area contributed by atoms with Gasteiger partial charge in [-0.2, -0.15) is 0 Å². The molecule has 23 heavy (non-hydrogen) atoms. The van der Waals surface area contributed by atoms with E-state index in [9.17, 15) is 13.2 Å². The highest BCUT2D eigenvalue weighted by Gasteiger charge is 2.32. The number of nitrogens with one attached hydrogen (secondary N) is 1. The van der Waals surface area contributed by atoms with Crippen molar-refractivity contribution < 1.29 is 17.9 Å². The van der Waals surface area contributed by atoms with Crippen molar-refractivity contribution in [1.29, 1.82) is 0 Å². The van der Waals surface area contributed by atoms with Crippen LogP contribution in [0.25, 0.3) is 0 Å². The fourth-order valence-electron chi connectivity index (χ4n) is 3.24. The molecule has 2 fully saturated rings. The molecule has 2 aliphatic rings. The van der Waals surface area contributed by atoms with Crippen molar-refractivity contribution in [2.45, 2.75) is 70.6 Å². The molecule has 6 nitrogen and oxygen atoms in total. The van der Waals surface area contributed by atoms with Crippen molar-refractivity contribution >= 4 is 15.9 Å². The number of carbonyl (C=O) groups excluding carboxylic acids is 1. The molecular formula is C16H30N2O4S. The number of nitrogens with zero attached hydrogens (tertiary/aromatic N) is 1. The first kappa shape index (κ1) is 18.5. The lowest BCUT2D eigenvalue weighted by atomic mass is 10.1. The Balaban J connectivity index is 1.73. The number of sulfone groups is 1. The van der Waals surface area contributed by atoms with Crippen molar-refractivity contribution in [3.05, 3.63) is 0 Å². The minimum absolute atomic E-state index is 0.219. The molecule has 1 amide bonds. The van der Waals surface area contributed by atoms with Crippen molar-refractivity contribution in [2.75, 3.05) is 24.6 Å². The van der Waals surface area contributed by atoms with E-state index in [1.807, 2.05) is 25.7 Å². The summed E-state index contributed by atoms with van der Waals surface area (Å²) in [6.45, 7) is 7.23. The van der Waals surface area contributed by atoms with Gasteiger partial charge in [-0.1, -0.05) is 0 Å². The summed E-state index contributed by atoms with van der Waals surface area (Å²) in [5, 5.41) is 3.45. The molecule has 0 aromatic carbocycles. The molecule has 1 N–H and O–H groups in total. The molecule has 1 unspecified atom stereocenters. The molecule has 134 valence electrons. The van der Waals surface area contributed by atoms with Crippen LogP contribution in [0.5, 0.6) is 0 Å². The van der Waals surface area contributed by atoms with Gasteiger partial charge in [-0.3, -0.25) is 0 Å². The van der Waals surface area contributed by atoms with E-state index in [4.69, 9.17) is 4.74 Å². The van der Waals surface area contributed by atoms with Crippen LogP contribution in [0.15, 0.2) is 0 Å². The zero-order valence-corrected chi connectivity index (χ0v) is 15.3. The average molecular weight is 346 g/mol. The third kappa shape index (κ3) is 5.95. The number of rotatable bonds is 4. The van der Waals surface area contributed by atoms with Gasteiger partial charge in [-0.05, 0) is 59.4 Å². The summed E-state index contributed by atoms with van der Waals surface area (Å²) in [6.07, 6.45) is 4.10. The summed E-state index contributed by atoms with van der Waals surface area (Å²) in [5.74, 6) is 0.580. The number of carbonyl (C=O) groups is 1. The van der Waals surface area contributed by atoms with E-state index < -0.39 is 15.4 Å². The van der Waals surface area contributed by atoms with Crippen LogP contribution in [-0.4, -0.2) is 61.7 Å². The third-order valence-electron chi connectivity index (χ3n) is 4.47. The number of amides is 1. The van der Waals surface area contributed by atoms with E-state index in [1.165, 1.54) is 0 Å². The van der Waals surface area contributed by atoms with Gasteiger partial charge in [0.05, 0.1) is 11.5 Å². The standard InChI is InChI=1S/C16H30N2O4S/c1-16(2,3)22-15(19)18-10-4-5-14(18)6-9-17-13-7-11-23(20,21)12-8-13/h13-14,17H,4-12H2,1-3H3. The van der Waals surface area contributed by atoms with Crippen molar-refractivity contribution in [2.24, 2.45) is 0 Å². The lowest BCUT2D eigenvalue weighted by Gasteiger charge is -2.29. The molecule has 0 bridgehead atoms. The van der Waals surface area contributed by atoms with E-state index in [-0.39, 0.29) is 29.7 Å². The highest BCUT2D eigenvalue weighted by atomic mass is 32.2. The monoisotopic (exact) mass is 346 g/mol. The predicted molar refractivity (Wildman–Crippen MR) is 90.3 cm³/mol. The lowest BCUT2D eigenvalue weighted by molar-refractivity contribution is 0.0220. The molecule has 2 saturated heterocycles. The highest BCUT2D eigenvalue weighted by Crippen LogP contribution is 2.23. The molecular weight excluding hydrogens is 316 g/mol. The molecule has 7 heteroatoms. The molecule has 2 rings (SSSR count). The average Bonchev–Trinajstić information content (AvgIpc) is 2.87. The van der Waals surface area contributed by atoms with Crippen molar-refractivity contribution in [1.82, 2.24) is 10.2 Å². The van der Waals surface area contributed by atoms with Crippen LogP contribution < -0.4 is 5.32 Å². The van der Waals surface area contributed by atoms with Gasteiger partial charge >= 0.3 is 6.09 Å². The van der Waals surface area contributed by atoms with Gasteiger partial charge in [0.2, 0.25) is 0 Å². The largest absolute Gasteiger partial charge is 0.444 e. The van der Waals surface area contributed by atoms with Gasteiger partial charge in [0.15, 0.2) is 0 Å². The SMILES string of the molecule is CC(C)(C)OC(=O)N1CCCC1CCNC1CCS(=O)(=O)CC1. The van der Waals surface area contributed by atoms with Crippen LogP contribution >= 0.6 is 0 Å². The quantitative estimate of drug-likeness (QED) is 0.842. The maximum atomic E-state index is 12.2. The number of hydrogen-bond acceptors (Lipinski definition) is 5. The van der Waals surface area contributed by atoms with Crippen LogP contribution in [0, 0.1) is 0 Å². The zero-order chi connectivity index (χ0) is 17.1. The Kier molecular flexibility index (Phi) is 5.94. The van der Waals surface area contributed by atoms with Gasteiger partial charge in [0.25, 0.3) is 0 Å². The van der Waals surface area contributed by atoms with E-state index in [0.29, 0.717) is 12.8 Å². The summed E-state index contributed by atoms with van der Waals surface area (Å²) in [6, 6.07) is 0.513. The first-order valence-corrected chi connectivity index (χ1v) is 10.4. The van der Waals surface area contributed by atoms with Crippen LogP contribution in [0.3, 0.4) is 0 Å². The molecule has 2 aliphatic heterocycles. The van der Waals surface area contributed by atoms with E-state index in [0.717, 1.165) is 32.4 Å². The predicted octanol–water partition coefficient (Wildman–Crippen LogP) is 1.94. The van der Waals surface area contributed by atoms with Crippen LogP contribution in [0.1, 0.15) is 52.9 Å². The lowest BCUT2D eigenvalue weighted by Crippen LogP contribution is -2.42. The van der Waals surface area contributed by atoms with Crippen LogP contribution in [0.2, 0.25) is 0 Å². The van der Waals surface area contributed by atoms with Gasteiger partial charge < -0.3 is 15.0 Å². The smallest absolute Gasteiger partial charge is 0.410 e. The van der Waals surface area contributed by atoms with Gasteiger partial charge in [0, 0.05) is 18.6 Å². The van der Waals surface area contributed by atoms with Gasteiger partial charge in [0.1, 0.15) is 15.4 Å². The minimum Gasteiger partial charge on any atom is -0.444 e. The molecule has 0 aliphatic carbocycles. The molecule has 0 spiro atoms. The van der Waals surface area contributed by atoms with Gasteiger partial charge in [-0.25, -0.2) is 13.2 Å². The fraction of sp³-hybridized carbons (Fsp3) is 0.938. The zero-order valence-electron chi connectivity index (χ0n) is 14.5. The van der Waals surface area contributed by atoms with Crippen molar-refractivity contribution in [3.8, 4) is 0 Å². The number of likely N-dealkylation sites (tertiary alicyclic amines) is 1. The fourth-order valence-corrected chi connectivity index (χ4v) is 4.74. The van der Waals surface area contributed by atoms with Crippen LogP contribution in [-0.2, 0) is 14.6 Å². The Morgan fingerprint density at radius 3 is 2.48 bits per heavy atom. The van der Waals surface area contributed by atoms with E-state index in [2.05, 4.69) is 5.32 Å². The molecule has 2 heterocycles. The summed E-state index contributed by atoms with van der Waals surface area (Å²) in [4.78, 5) is 14.1. The van der Waals surface area contributed by atoms with Crippen LogP contribution in [0.4, 0.5) is 4.79 Å². The summed E-state index contributed by atoms with van der Waals surface area (Å²) in [5.41, 5.74) is -0.462. The Bertz CT molecular complexity index is 499. The first-order chi connectivity index (χ1) is 10.7. The van der Waals surface area contributed by atoms with E-state index in [1.54, 1.807) is 0 Å². The normalized spacial score (nSPS) is 25.5. The second-order valence-corrected chi connectivity index (χ2v) is 9.94. The maximum Gasteiger partial charge on any atom is 0.410 e. The first-order valence-electron chi connectivity index (χ1n) is 8.60. The Hall–Kier alpha value is -0.820. The van der Waals surface area contributed by atoms with Gasteiger partial charge in [-0.15, -0.1) is 0 Å². The Morgan fingerprint density at radius 1 is 1.22 bits per heavy atom. The topological polar surface area (TPSA) is 75.7 Å². The molecule has 0 aromatic heterocycles. The number of hydrogen-bond donors (Lipinski definition) is 1. The maximum absolute atomic E-state index is 12.2. The summed E-state index contributed by atoms with van der Waals surface area (Å²) < 4.78 is 28.3. The summed E-state index contributed by atoms with van der Waals surface area (Å²) in [7, 11) is -2.80. The minimum atomic E-state index is -2.80. The highest BCUT2D eigenvalue weighted by molar-refractivity contribution is 7.91. The molecule has 1 atom stereocenters. The molecule has 0 aromatic rings. The Labute approximate surface area is 139 Å². The number of ether oxygens (including phenoxy) is 1. The molecule has 0 radical (unpaired) electrons. The summed E-state index contributed by atoms with van der Waals surface area (Å²) >= 11 is 0. The Morgan fingerprint density at radius 2 is 1.87 bits per heavy atom. The van der Waals surface area contributed by atoms with E-state index >= 15 is 0 Å². The van der Waals surface area contributed by atoms with Crippen molar-refractivity contribution in [3.63, 3.8) is 0 Å². The third-order valence-corrected chi connectivity index (χ3v) is 6.19. The second kappa shape index (κ2) is 7.38. The second-order valence-electron chi connectivity index (χ2n) is 7.64.